The highest BCUT2D eigenvalue weighted by Crippen LogP contribution is 2.02. The number of hydrazine groups is 1. The summed E-state index contributed by atoms with van der Waals surface area (Å²) in [4.78, 5) is 11.3. The van der Waals surface area contributed by atoms with Crippen LogP contribution in [0.1, 0.15) is 59.3 Å². The minimum Gasteiger partial charge on any atom is -0.292 e. The first kappa shape index (κ1) is 14.4. The lowest BCUT2D eigenvalue weighted by molar-refractivity contribution is -0.122. The summed E-state index contributed by atoms with van der Waals surface area (Å²) in [6, 6.07) is 0. The molecule has 0 rings (SSSR count). The molecule has 0 aromatic rings. The predicted octanol–water partition coefficient (Wildman–Crippen LogP) is 2.62. The van der Waals surface area contributed by atoms with Crippen LogP contribution in [0.4, 0.5) is 0 Å². The van der Waals surface area contributed by atoms with Gasteiger partial charge in [-0.3, -0.25) is 10.2 Å². The van der Waals surface area contributed by atoms with Gasteiger partial charge in [-0.05, 0) is 18.8 Å². The third kappa shape index (κ3) is 9.73. The zero-order valence-electron chi connectivity index (χ0n) is 10.4. The monoisotopic (exact) mass is 214 g/mol. The first-order valence-electron chi connectivity index (χ1n) is 6.22. The molecule has 1 unspecified atom stereocenters. The van der Waals surface area contributed by atoms with Gasteiger partial charge in [-0.25, -0.2) is 5.43 Å². The fourth-order valence-electron chi connectivity index (χ4n) is 1.52. The fourth-order valence-corrected chi connectivity index (χ4v) is 1.52. The number of nitrogens with one attached hydrogen (secondary N) is 2. The van der Waals surface area contributed by atoms with Gasteiger partial charge < -0.3 is 0 Å². The Balaban J connectivity index is 3.30. The molecule has 15 heavy (non-hydrogen) atoms. The molecular weight excluding hydrogens is 188 g/mol. The van der Waals surface area contributed by atoms with E-state index in [2.05, 4.69) is 31.6 Å². The second-order valence-corrected chi connectivity index (χ2v) is 4.28. The molecular formula is C12H26N2O. The molecule has 0 aromatic heterocycles. The van der Waals surface area contributed by atoms with Crippen LogP contribution in [0.15, 0.2) is 0 Å². The fraction of sp³-hybridized carbons (Fsp3) is 0.917. The van der Waals surface area contributed by atoms with Gasteiger partial charge in [0.25, 0.3) is 0 Å². The summed E-state index contributed by atoms with van der Waals surface area (Å²) in [7, 11) is 0. The highest BCUT2D eigenvalue weighted by Gasteiger charge is 2.02. The van der Waals surface area contributed by atoms with Crippen LogP contribution in [-0.2, 0) is 4.79 Å². The summed E-state index contributed by atoms with van der Waals surface area (Å²) in [6.07, 6.45) is 6.34. The van der Waals surface area contributed by atoms with Crippen LogP contribution in [0.25, 0.3) is 0 Å². The van der Waals surface area contributed by atoms with Crippen molar-refractivity contribution in [2.75, 3.05) is 6.54 Å². The SMILES string of the molecule is CCCCCC(=O)NNCC(C)CCC. The lowest BCUT2D eigenvalue weighted by Crippen LogP contribution is -2.39. The van der Waals surface area contributed by atoms with Crippen LogP contribution in [0, 0.1) is 5.92 Å². The third-order valence-electron chi connectivity index (χ3n) is 2.47. The van der Waals surface area contributed by atoms with Crippen molar-refractivity contribution in [3.05, 3.63) is 0 Å². The van der Waals surface area contributed by atoms with Crippen molar-refractivity contribution < 1.29 is 4.79 Å². The Kier molecular flexibility index (Phi) is 9.59. The molecule has 1 amide bonds. The van der Waals surface area contributed by atoms with Crippen molar-refractivity contribution in [3.8, 4) is 0 Å². The van der Waals surface area contributed by atoms with Gasteiger partial charge in [-0.1, -0.05) is 40.0 Å². The molecule has 0 aromatic carbocycles. The number of unbranched alkanes of at least 4 members (excludes halogenated alkanes) is 2. The second kappa shape index (κ2) is 9.97. The van der Waals surface area contributed by atoms with Crippen LogP contribution in [0.3, 0.4) is 0 Å². The topological polar surface area (TPSA) is 41.1 Å². The maximum absolute atomic E-state index is 11.3. The van der Waals surface area contributed by atoms with Crippen LogP contribution < -0.4 is 10.9 Å². The van der Waals surface area contributed by atoms with Gasteiger partial charge in [0.15, 0.2) is 0 Å². The van der Waals surface area contributed by atoms with Crippen LogP contribution in [-0.4, -0.2) is 12.5 Å². The number of hydrogen-bond donors (Lipinski definition) is 2. The first-order chi connectivity index (χ1) is 7.20. The van der Waals surface area contributed by atoms with E-state index in [-0.39, 0.29) is 5.91 Å². The Hall–Kier alpha value is -0.570. The molecule has 0 bridgehead atoms. The molecule has 0 saturated carbocycles. The molecule has 3 nitrogen and oxygen atoms in total. The van der Waals surface area contributed by atoms with E-state index < -0.39 is 0 Å². The van der Waals surface area contributed by atoms with Gasteiger partial charge in [0.1, 0.15) is 0 Å². The van der Waals surface area contributed by atoms with E-state index in [9.17, 15) is 4.79 Å². The largest absolute Gasteiger partial charge is 0.292 e. The lowest BCUT2D eigenvalue weighted by atomic mass is 10.1. The summed E-state index contributed by atoms with van der Waals surface area (Å²) in [5, 5.41) is 0. The summed E-state index contributed by atoms with van der Waals surface area (Å²) >= 11 is 0. The van der Waals surface area contributed by atoms with E-state index in [1.807, 2.05) is 0 Å². The summed E-state index contributed by atoms with van der Waals surface area (Å²) in [6.45, 7) is 7.38. The van der Waals surface area contributed by atoms with Crippen molar-refractivity contribution in [2.45, 2.75) is 59.3 Å². The Morgan fingerprint density at radius 2 is 1.93 bits per heavy atom. The van der Waals surface area contributed by atoms with E-state index in [0.29, 0.717) is 12.3 Å². The minimum absolute atomic E-state index is 0.118. The maximum Gasteiger partial charge on any atom is 0.234 e. The molecule has 1 atom stereocenters. The Labute approximate surface area is 94.0 Å². The highest BCUT2D eigenvalue weighted by molar-refractivity contribution is 5.75. The third-order valence-corrected chi connectivity index (χ3v) is 2.47. The van der Waals surface area contributed by atoms with Crippen molar-refractivity contribution in [1.29, 1.82) is 0 Å². The van der Waals surface area contributed by atoms with Gasteiger partial charge in [0.05, 0.1) is 0 Å². The number of amides is 1. The van der Waals surface area contributed by atoms with E-state index >= 15 is 0 Å². The molecule has 90 valence electrons. The Morgan fingerprint density at radius 3 is 2.53 bits per heavy atom. The van der Waals surface area contributed by atoms with Gasteiger partial charge in [-0.2, -0.15) is 0 Å². The van der Waals surface area contributed by atoms with Crippen LogP contribution >= 0.6 is 0 Å². The maximum atomic E-state index is 11.3. The van der Waals surface area contributed by atoms with Crippen LogP contribution in [0.5, 0.6) is 0 Å². The number of carbonyl (C=O) groups excluding carboxylic acids is 1. The second-order valence-electron chi connectivity index (χ2n) is 4.28. The van der Waals surface area contributed by atoms with Gasteiger partial charge in [-0.15, -0.1) is 0 Å². The van der Waals surface area contributed by atoms with E-state index in [4.69, 9.17) is 0 Å². The van der Waals surface area contributed by atoms with Gasteiger partial charge in [0, 0.05) is 13.0 Å². The van der Waals surface area contributed by atoms with Crippen molar-refractivity contribution in [1.82, 2.24) is 10.9 Å². The standard InChI is InChI=1S/C12H26N2O/c1-4-6-7-9-12(15)14-13-10-11(3)8-5-2/h11,13H,4-10H2,1-3H3,(H,14,15). The lowest BCUT2D eigenvalue weighted by Gasteiger charge is -2.12. The average Bonchev–Trinajstić information content (AvgIpc) is 2.18. The van der Waals surface area contributed by atoms with Crippen molar-refractivity contribution >= 4 is 5.91 Å². The molecule has 0 heterocycles. The summed E-state index contributed by atoms with van der Waals surface area (Å²) in [5.74, 6) is 0.748. The molecule has 0 radical (unpaired) electrons. The summed E-state index contributed by atoms with van der Waals surface area (Å²) in [5.41, 5.74) is 5.74. The zero-order valence-corrected chi connectivity index (χ0v) is 10.4. The van der Waals surface area contributed by atoms with E-state index in [1.54, 1.807) is 0 Å². The molecule has 0 saturated heterocycles. The normalized spacial score (nSPS) is 12.5. The predicted molar refractivity (Wildman–Crippen MR) is 64.4 cm³/mol. The zero-order chi connectivity index (χ0) is 11.5. The quantitative estimate of drug-likeness (QED) is 0.457. The molecule has 2 N–H and O–H groups in total. The molecule has 0 spiro atoms. The summed E-state index contributed by atoms with van der Waals surface area (Å²) < 4.78 is 0. The van der Waals surface area contributed by atoms with E-state index in [0.717, 1.165) is 25.8 Å². The highest BCUT2D eigenvalue weighted by atomic mass is 16.2. The Morgan fingerprint density at radius 1 is 1.20 bits per heavy atom. The molecule has 0 fully saturated rings. The Bertz CT molecular complexity index is 160. The van der Waals surface area contributed by atoms with Crippen LogP contribution in [0.2, 0.25) is 0 Å². The minimum atomic E-state index is 0.118. The van der Waals surface area contributed by atoms with E-state index in [1.165, 1.54) is 12.8 Å². The smallest absolute Gasteiger partial charge is 0.234 e. The number of rotatable bonds is 9. The molecule has 0 aliphatic heterocycles. The average molecular weight is 214 g/mol. The molecule has 0 aliphatic rings. The van der Waals surface area contributed by atoms with Gasteiger partial charge >= 0.3 is 0 Å². The number of hydrogen-bond acceptors (Lipinski definition) is 2. The van der Waals surface area contributed by atoms with Gasteiger partial charge in [0.2, 0.25) is 5.91 Å². The van der Waals surface area contributed by atoms with Crippen molar-refractivity contribution in [2.24, 2.45) is 5.92 Å². The van der Waals surface area contributed by atoms with Crippen molar-refractivity contribution in [3.63, 3.8) is 0 Å². The number of carbonyl (C=O) groups is 1. The first-order valence-corrected chi connectivity index (χ1v) is 6.22. The molecule has 0 aliphatic carbocycles. The molecule has 3 heteroatoms.